The van der Waals surface area contributed by atoms with Crippen LogP contribution in [0.3, 0.4) is 0 Å². The normalized spacial score (nSPS) is 11.2. The number of thiophene rings is 2. The molecular weight excluding hydrogens is 366 g/mol. The van der Waals surface area contributed by atoms with Crippen molar-refractivity contribution in [1.29, 1.82) is 0 Å². The summed E-state index contributed by atoms with van der Waals surface area (Å²) in [5, 5.41) is 4.84. The maximum absolute atomic E-state index is 12.7. The zero-order chi connectivity index (χ0) is 18.1. The van der Waals surface area contributed by atoms with E-state index in [9.17, 15) is 4.79 Å². The van der Waals surface area contributed by atoms with E-state index < -0.39 is 0 Å². The molecule has 26 heavy (non-hydrogen) atoms. The average Bonchev–Trinajstić information content (AvgIpc) is 3.37. The molecule has 0 amide bonds. The molecule has 5 nitrogen and oxygen atoms in total. The third-order valence-electron chi connectivity index (χ3n) is 4.33. The molecule has 0 aliphatic rings. The molecule has 0 aliphatic carbocycles. The van der Waals surface area contributed by atoms with Crippen LogP contribution in [0.5, 0.6) is 5.88 Å². The summed E-state index contributed by atoms with van der Waals surface area (Å²) in [6, 6.07) is 8.00. The lowest BCUT2D eigenvalue weighted by Gasteiger charge is -2.09. The van der Waals surface area contributed by atoms with E-state index in [0.717, 1.165) is 28.1 Å². The SMILES string of the molecule is Cc1cc(C(=O)COc2ncnc3sccc23)c(C)n1Cc1cccs1. The number of hydrogen-bond acceptors (Lipinski definition) is 6. The van der Waals surface area contributed by atoms with Crippen LogP contribution in [0.15, 0.2) is 41.4 Å². The number of aromatic nitrogens is 3. The fourth-order valence-electron chi connectivity index (χ4n) is 2.98. The van der Waals surface area contributed by atoms with Gasteiger partial charge in [0.15, 0.2) is 6.61 Å². The molecule has 0 aliphatic heterocycles. The Morgan fingerprint density at radius 2 is 2.08 bits per heavy atom. The third kappa shape index (κ3) is 3.15. The van der Waals surface area contributed by atoms with Crippen LogP contribution >= 0.6 is 22.7 Å². The van der Waals surface area contributed by atoms with Gasteiger partial charge in [-0.1, -0.05) is 6.07 Å². The van der Waals surface area contributed by atoms with E-state index in [1.54, 1.807) is 11.3 Å². The largest absolute Gasteiger partial charge is 0.469 e. The van der Waals surface area contributed by atoms with E-state index in [4.69, 9.17) is 4.74 Å². The average molecular weight is 383 g/mol. The number of rotatable bonds is 6. The van der Waals surface area contributed by atoms with Gasteiger partial charge >= 0.3 is 0 Å². The molecular formula is C19H17N3O2S2. The van der Waals surface area contributed by atoms with Crippen LogP contribution in [0.2, 0.25) is 0 Å². The molecule has 0 atom stereocenters. The molecule has 0 fully saturated rings. The van der Waals surface area contributed by atoms with Crippen LogP contribution in [0, 0.1) is 13.8 Å². The lowest BCUT2D eigenvalue weighted by Crippen LogP contribution is -2.13. The minimum atomic E-state index is -0.0440. The minimum Gasteiger partial charge on any atom is -0.469 e. The summed E-state index contributed by atoms with van der Waals surface area (Å²) in [5.74, 6) is 0.412. The van der Waals surface area contributed by atoms with Gasteiger partial charge in [-0.15, -0.1) is 22.7 Å². The van der Waals surface area contributed by atoms with Crippen molar-refractivity contribution in [3.63, 3.8) is 0 Å². The van der Waals surface area contributed by atoms with Gasteiger partial charge < -0.3 is 9.30 Å². The predicted octanol–water partition coefficient (Wildman–Crippen LogP) is 4.48. The first kappa shape index (κ1) is 16.9. The first-order valence-electron chi connectivity index (χ1n) is 8.17. The van der Waals surface area contributed by atoms with Gasteiger partial charge in [-0.2, -0.15) is 0 Å². The highest BCUT2D eigenvalue weighted by atomic mass is 32.1. The maximum atomic E-state index is 12.7. The monoisotopic (exact) mass is 383 g/mol. The molecule has 4 aromatic heterocycles. The highest BCUT2D eigenvalue weighted by Crippen LogP contribution is 2.26. The number of hydrogen-bond donors (Lipinski definition) is 0. The number of nitrogens with zero attached hydrogens (tertiary/aromatic N) is 3. The number of ether oxygens (including phenoxy) is 1. The smallest absolute Gasteiger partial charge is 0.225 e. The molecule has 4 aromatic rings. The second kappa shape index (κ2) is 7.01. The van der Waals surface area contributed by atoms with Gasteiger partial charge in [0.1, 0.15) is 11.2 Å². The van der Waals surface area contributed by atoms with Gasteiger partial charge in [-0.05, 0) is 42.8 Å². The van der Waals surface area contributed by atoms with Gasteiger partial charge in [-0.3, -0.25) is 4.79 Å². The van der Waals surface area contributed by atoms with Gasteiger partial charge in [0.05, 0.1) is 11.9 Å². The van der Waals surface area contributed by atoms with Crippen molar-refractivity contribution in [3.05, 3.63) is 63.2 Å². The first-order valence-corrected chi connectivity index (χ1v) is 9.92. The summed E-state index contributed by atoms with van der Waals surface area (Å²) in [4.78, 5) is 23.2. The van der Waals surface area contributed by atoms with E-state index in [0.29, 0.717) is 11.4 Å². The fourth-order valence-corrected chi connectivity index (χ4v) is 4.40. The predicted molar refractivity (Wildman–Crippen MR) is 105 cm³/mol. The van der Waals surface area contributed by atoms with E-state index >= 15 is 0 Å². The third-order valence-corrected chi connectivity index (χ3v) is 6.02. The summed E-state index contributed by atoms with van der Waals surface area (Å²) >= 11 is 3.24. The molecule has 0 saturated carbocycles. The highest BCUT2D eigenvalue weighted by Gasteiger charge is 2.17. The van der Waals surface area contributed by atoms with Crippen molar-refractivity contribution in [2.24, 2.45) is 0 Å². The Labute approximate surface area is 158 Å². The Bertz CT molecular complexity index is 1060. The number of fused-ring (bicyclic) bond motifs is 1. The van der Waals surface area contributed by atoms with Gasteiger partial charge in [0.2, 0.25) is 11.7 Å². The van der Waals surface area contributed by atoms with Gasteiger partial charge in [0.25, 0.3) is 0 Å². The van der Waals surface area contributed by atoms with Crippen molar-refractivity contribution >= 4 is 38.7 Å². The van der Waals surface area contributed by atoms with Crippen molar-refractivity contribution in [3.8, 4) is 5.88 Å². The van der Waals surface area contributed by atoms with E-state index in [1.807, 2.05) is 37.4 Å². The Balaban J connectivity index is 1.52. The molecule has 0 aromatic carbocycles. The summed E-state index contributed by atoms with van der Waals surface area (Å²) in [5.41, 5.74) is 2.74. The van der Waals surface area contributed by atoms with E-state index in [1.165, 1.54) is 22.5 Å². The van der Waals surface area contributed by atoms with Crippen molar-refractivity contribution in [2.45, 2.75) is 20.4 Å². The molecule has 0 radical (unpaired) electrons. The number of ketones is 1. The molecule has 0 bridgehead atoms. The molecule has 0 saturated heterocycles. The number of carbonyl (C=O) groups excluding carboxylic acids is 1. The van der Waals surface area contributed by atoms with Crippen molar-refractivity contribution in [2.75, 3.05) is 6.61 Å². The highest BCUT2D eigenvalue weighted by molar-refractivity contribution is 7.16. The maximum Gasteiger partial charge on any atom is 0.225 e. The van der Waals surface area contributed by atoms with E-state index in [2.05, 4.69) is 26.0 Å². The van der Waals surface area contributed by atoms with Crippen LogP contribution in [-0.2, 0) is 6.54 Å². The van der Waals surface area contributed by atoms with Crippen LogP contribution in [0.25, 0.3) is 10.2 Å². The topological polar surface area (TPSA) is 57.0 Å². The molecule has 0 spiro atoms. The summed E-state index contributed by atoms with van der Waals surface area (Å²) in [7, 11) is 0. The lowest BCUT2D eigenvalue weighted by atomic mass is 10.1. The fraction of sp³-hybridized carbons (Fsp3) is 0.211. The Morgan fingerprint density at radius 3 is 2.88 bits per heavy atom. The lowest BCUT2D eigenvalue weighted by molar-refractivity contribution is 0.0918. The standard InChI is InChI=1S/C19H17N3O2S2/c1-12-8-16(13(2)22(12)9-14-4-3-6-25-14)17(23)10-24-18-15-5-7-26-19(15)21-11-20-18/h3-8,11H,9-10H2,1-2H3. The van der Waals surface area contributed by atoms with Crippen LogP contribution < -0.4 is 4.74 Å². The Kier molecular flexibility index (Phi) is 4.57. The molecule has 0 unspecified atom stereocenters. The quantitative estimate of drug-likeness (QED) is 0.461. The molecule has 0 N–H and O–H groups in total. The second-order valence-corrected chi connectivity index (χ2v) is 7.91. The van der Waals surface area contributed by atoms with Crippen LogP contribution in [0.4, 0.5) is 0 Å². The number of Topliss-reactive ketones (excluding diaryl/α,β-unsaturated/α-hetero) is 1. The van der Waals surface area contributed by atoms with Gasteiger partial charge in [-0.25, -0.2) is 9.97 Å². The molecule has 132 valence electrons. The zero-order valence-electron chi connectivity index (χ0n) is 14.4. The minimum absolute atomic E-state index is 0.0365. The Hall–Kier alpha value is -2.51. The van der Waals surface area contributed by atoms with E-state index in [-0.39, 0.29) is 12.4 Å². The second-order valence-electron chi connectivity index (χ2n) is 5.98. The Morgan fingerprint density at radius 1 is 1.19 bits per heavy atom. The first-order chi connectivity index (χ1) is 12.6. The van der Waals surface area contributed by atoms with Crippen LogP contribution in [-0.4, -0.2) is 26.9 Å². The van der Waals surface area contributed by atoms with Crippen LogP contribution in [0.1, 0.15) is 26.6 Å². The summed E-state index contributed by atoms with van der Waals surface area (Å²) in [6.07, 6.45) is 1.46. The van der Waals surface area contributed by atoms with Gasteiger partial charge in [0, 0.05) is 21.8 Å². The molecule has 4 rings (SSSR count). The summed E-state index contributed by atoms with van der Waals surface area (Å²) < 4.78 is 7.87. The van der Waals surface area contributed by atoms with Crippen molar-refractivity contribution < 1.29 is 9.53 Å². The van der Waals surface area contributed by atoms with Crippen molar-refractivity contribution in [1.82, 2.24) is 14.5 Å². The summed E-state index contributed by atoms with van der Waals surface area (Å²) in [6.45, 7) is 4.75. The number of carbonyl (C=O) groups is 1. The molecule has 4 heterocycles. The zero-order valence-corrected chi connectivity index (χ0v) is 16.1. The number of aryl methyl sites for hydroxylation is 1. The molecule has 7 heteroatoms.